The van der Waals surface area contributed by atoms with E-state index in [0.717, 1.165) is 0 Å². The molecule has 1 saturated heterocycles. The average Bonchev–Trinajstić information content (AvgIpc) is 2.22. The van der Waals surface area contributed by atoms with E-state index in [-0.39, 0.29) is 17.9 Å². The normalized spacial score (nSPS) is 25.8. The van der Waals surface area contributed by atoms with Gasteiger partial charge >= 0.3 is 0 Å². The van der Waals surface area contributed by atoms with Gasteiger partial charge in [0.1, 0.15) is 5.54 Å². The number of hydrogen-bond acceptors (Lipinski definition) is 2. The summed E-state index contributed by atoms with van der Waals surface area (Å²) < 4.78 is 0. The van der Waals surface area contributed by atoms with Crippen molar-refractivity contribution in [3.8, 4) is 0 Å². The summed E-state index contributed by atoms with van der Waals surface area (Å²) >= 11 is 5.46. The lowest BCUT2D eigenvalue weighted by Crippen LogP contribution is -2.53. The lowest BCUT2D eigenvalue weighted by molar-refractivity contribution is -0.138. The van der Waals surface area contributed by atoms with Crippen LogP contribution >= 0.6 is 11.6 Å². The molecule has 0 bridgehead atoms. The highest BCUT2D eigenvalue weighted by Gasteiger charge is 2.38. The van der Waals surface area contributed by atoms with E-state index in [9.17, 15) is 9.59 Å². The van der Waals surface area contributed by atoms with E-state index in [4.69, 9.17) is 11.6 Å². The van der Waals surface area contributed by atoms with Crippen LogP contribution in [0.5, 0.6) is 0 Å². The van der Waals surface area contributed by atoms with Gasteiger partial charge < -0.3 is 10.2 Å². The number of nitrogens with zero attached hydrogens (tertiary/aromatic N) is 1. The Labute approximate surface area is 101 Å². The van der Waals surface area contributed by atoms with Gasteiger partial charge in [0.15, 0.2) is 0 Å². The summed E-state index contributed by atoms with van der Waals surface area (Å²) in [4.78, 5) is 25.4. The molecule has 0 saturated carbocycles. The molecule has 90 valence electrons. The van der Waals surface area contributed by atoms with Gasteiger partial charge in [0.25, 0.3) is 0 Å². The predicted molar refractivity (Wildman–Crippen MR) is 63.0 cm³/mol. The predicted octanol–water partition coefficient (Wildman–Crippen LogP) is 1.25. The first-order chi connectivity index (χ1) is 7.38. The van der Waals surface area contributed by atoms with E-state index < -0.39 is 5.54 Å². The van der Waals surface area contributed by atoms with Crippen LogP contribution in [0.1, 0.15) is 27.2 Å². The smallest absolute Gasteiger partial charge is 0.248 e. The monoisotopic (exact) mass is 244 g/mol. The van der Waals surface area contributed by atoms with Gasteiger partial charge in [0.2, 0.25) is 11.8 Å². The molecular formula is C11H17ClN2O2. The minimum absolute atomic E-state index is 0.0828. The van der Waals surface area contributed by atoms with Gasteiger partial charge in [-0.05, 0) is 20.8 Å². The summed E-state index contributed by atoms with van der Waals surface area (Å²) in [6.45, 7) is 5.72. The summed E-state index contributed by atoms with van der Waals surface area (Å²) in [5, 5.41) is 2.72. The Hall–Kier alpha value is -1.03. The minimum Gasteiger partial charge on any atom is -0.342 e. The Morgan fingerprint density at radius 3 is 2.75 bits per heavy atom. The SMILES string of the molecule is CC1CC(=O)NC(C)(C)C(=O)N1C/C=C/Cl. The molecule has 1 rings (SSSR count). The van der Waals surface area contributed by atoms with Crippen molar-refractivity contribution >= 4 is 23.4 Å². The first-order valence-corrected chi connectivity index (χ1v) is 5.69. The fraction of sp³-hybridized carbons (Fsp3) is 0.636. The van der Waals surface area contributed by atoms with Gasteiger partial charge in [0, 0.05) is 24.5 Å². The molecule has 1 fully saturated rings. The second-order valence-corrected chi connectivity index (χ2v) is 4.80. The number of carbonyl (C=O) groups is 2. The van der Waals surface area contributed by atoms with Gasteiger partial charge in [-0.15, -0.1) is 0 Å². The number of rotatable bonds is 2. The Balaban J connectivity index is 2.95. The third-order valence-corrected chi connectivity index (χ3v) is 2.83. The van der Waals surface area contributed by atoms with Crippen LogP contribution in [0.15, 0.2) is 11.6 Å². The van der Waals surface area contributed by atoms with Crippen LogP contribution in [-0.2, 0) is 9.59 Å². The fourth-order valence-corrected chi connectivity index (χ4v) is 1.89. The van der Waals surface area contributed by atoms with Crippen LogP contribution < -0.4 is 5.32 Å². The first-order valence-electron chi connectivity index (χ1n) is 5.26. The Morgan fingerprint density at radius 2 is 2.19 bits per heavy atom. The summed E-state index contributed by atoms with van der Waals surface area (Å²) in [6, 6.07) is -0.109. The largest absolute Gasteiger partial charge is 0.342 e. The molecule has 0 aromatic carbocycles. The van der Waals surface area contributed by atoms with Gasteiger partial charge in [0.05, 0.1) is 0 Å². The lowest BCUT2D eigenvalue weighted by Gasteiger charge is -2.31. The molecule has 1 aliphatic rings. The molecular weight excluding hydrogens is 228 g/mol. The molecule has 0 spiro atoms. The van der Waals surface area contributed by atoms with Crippen LogP contribution in [0.3, 0.4) is 0 Å². The molecule has 0 aromatic heterocycles. The van der Waals surface area contributed by atoms with Crippen molar-refractivity contribution in [2.24, 2.45) is 0 Å². The summed E-state index contributed by atoms with van der Waals surface area (Å²) in [5.41, 5.74) is 0.537. The standard InChI is InChI=1S/C11H17ClN2O2/c1-8-7-9(15)13-11(2,3)10(16)14(8)6-4-5-12/h4-5,8H,6-7H2,1-3H3,(H,13,15)/b5-4+. The topological polar surface area (TPSA) is 49.4 Å². The third kappa shape index (κ3) is 2.76. The number of halogens is 1. The van der Waals surface area contributed by atoms with E-state index in [1.165, 1.54) is 5.54 Å². The van der Waals surface area contributed by atoms with E-state index >= 15 is 0 Å². The molecule has 0 aromatic rings. The van der Waals surface area contributed by atoms with Gasteiger partial charge in [-0.2, -0.15) is 0 Å². The highest BCUT2D eigenvalue weighted by molar-refractivity contribution is 6.25. The molecule has 1 unspecified atom stereocenters. The maximum absolute atomic E-state index is 12.2. The first kappa shape index (κ1) is 13.0. The third-order valence-electron chi connectivity index (χ3n) is 2.65. The number of nitrogens with one attached hydrogen (secondary N) is 1. The van der Waals surface area contributed by atoms with Crippen molar-refractivity contribution < 1.29 is 9.59 Å². The van der Waals surface area contributed by atoms with Crippen LogP contribution in [0.2, 0.25) is 0 Å². The second kappa shape index (κ2) is 4.87. The molecule has 5 heteroatoms. The van der Waals surface area contributed by atoms with Crippen molar-refractivity contribution in [1.82, 2.24) is 10.2 Å². The fourth-order valence-electron chi connectivity index (χ4n) is 1.81. The minimum atomic E-state index is -0.845. The summed E-state index contributed by atoms with van der Waals surface area (Å²) in [5.74, 6) is -0.177. The zero-order valence-corrected chi connectivity index (χ0v) is 10.5. The van der Waals surface area contributed by atoms with E-state index in [2.05, 4.69) is 5.32 Å². The molecule has 1 atom stereocenters. The lowest BCUT2D eigenvalue weighted by atomic mass is 10.0. The molecule has 0 radical (unpaired) electrons. The molecule has 1 N–H and O–H groups in total. The van der Waals surface area contributed by atoms with Crippen molar-refractivity contribution in [3.63, 3.8) is 0 Å². The van der Waals surface area contributed by atoms with Crippen molar-refractivity contribution in [2.45, 2.75) is 38.8 Å². The van der Waals surface area contributed by atoms with Crippen molar-refractivity contribution in [1.29, 1.82) is 0 Å². The number of hydrogen-bond donors (Lipinski definition) is 1. The quantitative estimate of drug-likeness (QED) is 0.795. The second-order valence-electron chi connectivity index (χ2n) is 4.55. The van der Waals surface area contributed by atoms with Gasteiger partial charge in [-0.25, -0.2) is 0 Å². The van der Waals surface area contributed by atoms with Crippen molar-refractivity contribution in [3.05, 3.63) is 11.6 Å². The van der Waals surface area contributed by atoms with E-state index in [0.29, 0.717) is 13.0 Å². The zero-order chi connectivity index (χ0) is 12.3. The Morgan fingerprint density at radius 1 is 1.56 bits per heavy atom. The van der Waals surface area contributed by atoms with Crippen LogP contribution in [0.25, 0.3) is 0 Å². The summed E-state index contributed by atoms with van der Waals surface area (Å²) in [7, 11) is 0. The van der Waals surface area contributed by atoms with Crippen LogP contribution in [-0.4, -0.2) is 34.8 Å². The molecule has 1 heterocycles. The summed E-state index contributed by atoms with van der Waals surface area (Å²) in [6.07, 6.45) is 2.02. The molecule has 1 aliphatic heterocycles. The van der Waals surface area contributed by atoms with E-state index in [1.54, 1.807) is 24.8 Å². The Bertz CT molecular complexity index is 326. The highest BCUT2D eigenvalue weighted by atomic mass is 35.5. The van der Waals surface area contributed by atoms with Gasteiger partial charge in [-0.3, -0.25) is 9.59 Å². The maximum atomic E-state index is 12.2. The molecule has 0 aliphatic carbocycles. The van der Waals surface area contributed by atoms with Gasteiger partial charge in [-0.1, -0.05) is 17.7 Å². The number of amides is 2. The van der Waals surface area contributed by atoms with Crippen LogP contribution in [0.4, 0.5) is 0 Å². The zero-order valence-electron chi connectivity index (χ0n) is 9.79. The van der Waals surface area contributed by atoms with E-state index in [1.807, 2.05) is 6.92 Å². The molecule has 16 heavy (non-hydrogen) atoms. The van der Waals surface area contributed by atoms with Crippen molar-refractivity contribution in [2.75, 3.05) is 6.54 Å². The molecule has 2 amide bonds. The Kier molecular flexibility index (Phi) is 3.97. The maximum Gasteiger partial charge on any atom is 0.248 e. The number of carbonyl (C=O) groups excluding carboxylic acids is 2. The molecule has 4 nitrogen and oxygen atoms in total. The average molecular weight is 245 g/mol. The van der Waals surface area contributed by atoms with Crippen LogP contribution in [0, 0.1) is 0 Å². The highest BCUT2D eigenvalue weighted by Crippen LogP contribution is 2.17.